The molecule has 3 rings (SSSR count). The maximum atomic E-state index is 14.9. The van der Waals surface area contributed by atoms with Crippen LogP contribution < -0.4 is 4.74 Å². The summed E-state index contributed by atoms with van der Waals surface area (Å²) in [6.45, 7) is 16.8. The summed E-state index contributed by atoms with van der Waals surface area (Å²) in [4.78, 5) is 27.3. The lowest BCUT2D eigenvalue weighted by atomic mass is 10.1. The summed E-state index contributed by atoms with van der Waals surface area (Å²) >= 11 is 0. The van der Waals surface area contributed by atoms with E-state index in [9.17, 15) is 9.18 Å². The average molecular weight is 503 g/mol. The van der Waals surface area contributed by atoms with Crippen LogP contribution in [0.25, 0.3) is 17.0 Å². The summed E-state index contributed by atoms with van der Waals surface area (Å²) in [7, 11) is -1.31. The van der Waals surface area contributed by atoms with Gasteiger partial charge in [0.25, 0.3) is 5.88 Å². The van der Waals surface area contributed by atoms with Crippen LogP contribution in [0.2, 0.25) is 25.7 Å². The number of ether oxygens (including phenoxy) is 2. The zero-order chi connectivity index (χ0) is 26.0. The molecule has 3 aromatic rings. The zero-order valence-electron chi connectivity index (χ0n) is 21.8. The first-order valence-corrected chi connectivity index (χ1v) is 15.5. The predicted molar refractivity (Wildman–Crippen MR) is 135 cm³/mol. The molecule has 9 nitrogen and oxygen atoms in total. The molecule has 0 N–H and O–H groups in total. The topological polar surface area (TPSA) is 94.7 Å². The largest absolute Gasteiger partial charge is 0.475 e. The number of carbonyl (C=O) groups excluding carboxylic acids is 1. The lowest BCUT2D eigenvalue weighted by Crippen LogP contribution is -2.38. The molecule has 0 fully saturated rings. The van der Waals surface area contributed by atoms with Crippen LogP contribution in [0.3, 0.4) is 0 Å². The van der Waals surface area contributed by atoms with E-state index in [1.54, 1.807) is 23.4 Å². The van der Waals surface area contributed by atoms with E-state index >= 15 is 0 Å². The summed E-state index contributed by atoms with van der Waals surface area (Å²) in [6, 6.07) is 2.05. The lowest BCUT2D eigenvalue weighted by molar-refractivity contribution is 0.0182. The van der Waals surface area contributed by atoms with E-state index in [2.05, 4.69) is 39.7 Å². The van der Waals surface area contributed by atoms with Crippen LogP contribution in [0, 0.1) is 5.82 Å². The fourth-order valence-corrected chi connectivity index (χ4v) is 4.08. The number of imidazole rings is 1. The van der Waals surface area contributed by atoms with Crippen molar-refractivity contribution in [1.82, 2.24) is 29.5 Å². The van der Waals surface area contributed by atoms with Crippen LogP contribution in [-0.4, -0.2) is 62.4 Å². The number of hydrogen-bond donors (Lipinski definition) is 0. The van der Waals surface area contributed by atoms with Gasteiger partial charge in [0.2, 0.25) is 5.65 Å². The Kier molecular flexibility index (Phi) is 7.78. The zero-order valence-corrected chi connectivity index (χ0v) is 22.8. The fourth-order valence-electron chi connectivity index (χ4n) is 3.36. The van der Waals surface area contributed by atoms with Crippen molar-refractivity contribution in [3.8, 4) is 17.3 Å². The number of fused-ring (bicyclic) bond motifs is 1. The number of amides is 1. The Balaban J connectivity index is 1.96. The van der Waals surface area contributed by atoms with Crippen LogP contribution >= 0.6 is 0 Å². The van der Waals surface area contributed by atoms with E-state index in [4.69, 9.17) is 9.47 Å². The maximum Gasteiger partial charge on any atom is 0.410 e. The second-order valence-electron chi connectivity index (χ2n) is 10.6. The Morgan fingerprint density at radius 1 is 1.26 bits per heavy atom. The van der Waals surface area contributed by atoms with Crippen molar-refractivity contribution in [2.45, 2.75) is 71.9 Å². The van der Waals surface area contributed by atoms with E-state index in [0.29, 0.717) is 30.4 Å². The number of rotatable bonds is 8. The van der Waals surface area contributed by atoms with Crippen molar-refractivity contribution in [1.29, 1.82) is 0 Å². The molecule has 190 valence electrons. The van der Waals surface area contributed by atoms with Crippen LogP contribution in [0.5, 0.6) is 5.88 Å². The number of carbonyl (C=O) groups is 1. The van der Waals surface area contributed by atoms with Gasteiger partial charge in [0.05, 0.1) is 30.1 Å². The highest BCUT2D eigenvalue weighted by Gasteiger charge is 2.27. The normalized spacial score (nSPS) is 13.1. The van der Waals surface area contributed by atoms with E-state index in [-0.39, 0.29) is 11.4 Å². The van der Waals surface area contributed by atoms with Gasteiger partial charge in [0.15, 0.2) is 11.6 Å². The molecule has 1 amide bonds. The number of nitrogens with zero attached hydrogens (tertiary/aromatic N) is 6. The van der Waals surface area contributed by atoms with Gasteiger partial charge in [-0.1, -0.05) is 19.6 Å². The SMILES string of the molecule is CCN(C(=O)OC(C)(C)C)[C@H](C)c1cc(-c2nc(OCC[Si](C)(C)C)c3nccn3n2)c(F)cn1. The standard InChI is InChI=1S/C24H35FN6O3Si/c1-9-30(23(32)34-24(3,4)5)16(2)19-14-17(18(25)15-27-19)20-28-22(33-12-13-35(6,7)8)21-26-10-11-31(21)29-20/h10-11,14-16H,9,12-13H2,1-8H3/t16-/m1/s1. The van der Waals surface area contributed by atoms with Crippen molar-refractivity contribution in [3.05, 3.63) is 36.2 Å². The molecule has 0 spiro atoms. The number of halogens is 1. The van der Waals surface area contributed by atoms with Gasteiger partial charge in [-0.05, 0) is 46.7 Å². The predicted octanol–water partition coefficient (Wildman–Crippen LogP) is 5.36. The molecule has 3 aromatic heterocycles. The van der Waals surface area contributed by atoms with Crippen molar-refractivity contribution in [2.75, 3.05) is 13.2 Å². The minimum absolute atomic E-state index is 0.146. The Labute approximate surface area is 206 Å². The van der Waals surface area contributed by atoms with Crippen LogP contribution in [0.4, 0.5) is 9.18 Å². The third kappa shape index (κ3) is 6.74. The Morgan fingerprint density at radius 3 is 2.60 bits per heavy atom. The highest BCUT2D eigenvalue weighted by atomic mass is 28.3. The molecular formula is C24H35FN6O3Si. The Hall–Kier alpha value is -3.08. The van der Waals surface area contributed by atoms with E-state index in [0.717, 1.165) is 12.2 Å². The Morgan fingerprint density at radius 2 is 1.97 bits per heavy atom. The molecule has 3 heterocycles. The summed E-state index contributed by atoms with van der Waals surface area (Å²) in [5, 5.41) is 4.43. The molecule has 0 aliphatic rings. The van der Waals surface area contributed by atoms with E-state index in [1.807, 2.05) is 34.6 Å². The van der Waals surface area contributed by atoms with Crippen LogP contribution in [-0.2, 0) is 4.74 Å². The number of aromatic nitrogens is 5. The molecule has 0 aromatic carbocycles. The second-order valence-corrected chi connectivity index (χ2v) is 16.2. The van der Waals surface area contributed by atoms with Crippen molar-refractivity contribution >= 4 is 19.8 Å². The van der Waals surface area contributed by atoms with Gasteiger partial charge in [-0.15, -0.1) is 5.10 Å². The Bertz CT molecular complexity index is 1190. The van der Waals surface area contributed by atoms with Crippen molar-refractivity contribution in [2.24, 2.45) is 0 Å². The fraction of sp³-hybridized carbons (Fsp3) is 0.542. The molecule has 0 aliphatic heterocycles. The summed E-state index contributed by atoms with van der Waals surface area (Å²) in [6.07, 6.45) is 3.91. The van der Waals surface area contributed by atoms with Gasteiger partial charge in [-0.3, -0.25) is 4.98 Å². The summed E-state index contributed by atoms with van der Waals surface area (Å²) in [5.41, 5.74) is 0.484. The third-order valence-electron chi connectivity index (χ3n) is 5.30. The van der Waals surface area contributed by atoms with E-state index in [1.165, 1.54) is 4.52 Å². The summed E-state index contributed by atoms with van der Waals surface area (Å²) in [5.74, 6) is -0.131. The average Bonchev–Trinajstić information content (AvgIpc) is 3.21. The molecular weight excluding hydrogens is 467 g/mol. The smallest absolute Gasteiger partial charge is 0.410 e. The molecule has 1 atom stereocenters. The minimum atomic E-state index is -1.31. The first-order valence-electron chi connectivity index (χ1n) is 11.8. The quantitative estimate of drug-likeness (QED) is 0.383. The highest BCUT2D eigenvalue weighted by Crippen LogP contribution is 2.28. The van der Waals surface area contributed by atoms with Gasteiger partial charge in [0.1, 0.15) is 5.60 Å². The molecule has 0 unspecified atom stereocenters. The van der Waals surface area contributed by atoms with Gasteiger partial charge in [-0.25, -0.2) is 18.7 Å². The molecule has 0 saturated heterocycles. The van der Waals surface area contributed by atoms with Crippen LogP contribution in [0.15, 0.2) is 24.7 Å². The molecule has 35 heavy (non-hydrogen) atoms. The van der Waals surface area contributed by atoms with Crippen molar-refractivity contribution in [3.63, 3.8) is 0 Å². The molecule has 0 saturated carbocycles. The molecule has 0 bridgehead atoms. The van der Waals surface area contributed by atoms with Crippen molar-refractivity contribution < 1.29 is 18.7 Å². The van der Waals surface area contributed by atoms with Gasteiger partial charge in [-0.2, -0.15) is 4.98 Å². The molecule has 11 heteroatoms. The number of pyridine rings is 1. The van der Waals surface area contributed by atoms with Gasteiger partial charge >= 0.3 is 6.09 Å². The minimum Gasteiger partial charge on any atom is -0.475 e. The first-order chi connectivity index (χ1) is 16.3. The van der Waals surface area contributed by atoms with Crippen LogP contribution in [0.1, 0.15) is 46.4 Å². The number of hydrogen-bond acceptors (Lipinski definition) is 7. The molecule has 0 radical (unpaired) electrons. The first kappa shape index (κ1) is 26.5. The third-order valence-corrected chi connectivity index (χ3v) is 7.00. The van der Waals surface area contributed by atoms with Gasteiger partial charge < -0.3 is 14.4 Å². The maximum absolute atomic E-state index is 14.9. The summed E-state index contributed by atoms with van der Waals surface area (Å²) < 4.78 is 27.9. The van der Waals surface area contributed by atoms with E-state index < -0.39 is 31.6 Å². The van der Waals surface area contributed by atoms with Gasteiger partial charge in [0, 0.05) is 27.0 Å². The highest BCUT2D eigenvalue weighted by molar-refractivity contribution is 6.76. The lowest BCUT2D eigenvalue weighted by Gasteiger charge is -2.30. The monoisotopic (exact) mass is 502 g/mol. The second kappa shape index (κ2) is 10.3. The molecule has 0 aliphatic carbocycles.